The van der Waals surface area contributed by atoms with Gasteiger partial charge in [0, 0.05) is 62.1 Å². The lowest BCUT2D eigenvalue weighted by atomic mass is 10.2. The molecule has 6 nitrogen and oxygen atoms in total. The molecule has 1 aliphatic heterocycles. The van der Waals surface area contributed by atoms with Gasteiger partial charge in [-0.05, 0) is 5.56 Å². The number of nitrogens with one attached hydrogen (secondary N) is 2. The normalized spacial score (nSPS) is 16.8. The summed E-state index contributed by atoms with van der Waals surface area (Å²) >= 11 is 0. The van der Waals surface area contributed by atoms with Crippen molar-refractivity contribution < 1.29 is 8.95 Å². The lowest BCUT2D eigenvalue weighted by Gasteiger charge is -2.26. The summed E-state index contributed by atoms with van der Waals surface area (Å²) in [5.41, 5.74) is 1.11. The van der Waals surface area contributed by atoms with Crippen molar-refractivity contribution in [2.75, 3.05) is 58.7 Å². The Morgan fingerprint density at radius 3 is 2.56 bits per heavy atom. The van der Waals surface area contributed by atoms with Crippen molar-refractivity contribution in [2.45, 2.75) is 5.75 Å². The first-order valence-corrected chi connectivity index (χ1v) is 9.90. The van der Waals surface area contributed by atoms with Gasteiger partial charge in [-0.25, -0.2) is 0 Å². The fourth-order valence-corrected chi connectivity index (χ4v) is 3.53. The highest BCUT2D eigenvalue weighted by Crippen LogP contribution is 2.02. The Hall–Kier alpha value is -0.710. The van der Waals surface area contributed by atoms with Gasteiger partial charge in [0.1, 0.15) is 0 Å². The maximum atomic E-state index is 12.1. The van der Waals surface area contributed by atoms with Crippen LogP contribution in [-0.2, 0) is 21.3 Å². The smallest absolute Gasteiger partial charge is 0.191 e. The Labute approximate surface area is 170 Å². The molecule has 0 amide bonds. The van der Waals surface area contributed by atoms with E-state index < -0.39 is 10.8 Å². The van der Waals surface area contributed by atoms with Gasteiger partial charge in [0.2, 0.25) is 0 Å². The van der Waals surface area contributed by atoms with E-state index in [1.807, 2.05) is 30.3 Å². The Kier molecular flexibility index (Phi) is 12.0. The third kappa shape index (κ3) is 9.53. The fourth-order valence-electron chi connectivity index (χ4n) is 2.49. The van der Waals surface area contributed by atoms with E-state index in [2.05, 4.69) is 20.5 Å². The van der Waals surface area contributed by atoms with Crippen molar-refractivity contribution in [3.8, 4) is 0 Å². The van der Waals surface area contributed by atoms with Gasteiger partial charge in [-0.1, -0.05) is 30.3 Å². The summed E-state index contributed by atoms with van der Waals surface area (Å²) in [7, 11) is 0.889. The molecular formula is C17H29IN4O2S. The molecule has 0 bridgehead atoms. The average Bonchev–Trinajstić information content (AvgIpc) is 2.62. The van der Waals surface area contributed by atoms with Crippen LogP contribution in [0.2, 0.25) is 0 Å². The maximum absolute atomic E-state index is 12.1. The Morgan fingerprint density at radius 1 is 1.20 bits per heavy atom. The molecule has 1 aromatic rings. The second-order valence-corrected chi connectivity index (χ2v) is 7.23. The van der Waals surface area contributed by atoms with Gasteiger partial charge in [-0.2, -0.15) is 0 Å². The van der Waals surface area contributed by atoms with Crippen LogP contribution in [0.1, 0.15) is 5.56 Å². The number of rotatable bonds is 8. The predicted molar refractivity (Wildman–Crippen MR) is 115 cm³/mol. The summed E-state index contributed by atoms with van der Waals surface area (Å²) in [6, 6.07) is 9.95. The third-order valence-electron chi connectivity index (χ3n) is 3.84. The molecule has 1 saturated heterocycles. The molecule has 0 spiro atoms. The van der Waals surface area contributed by atoms with Gasteiger partial charge < -0.3 is 15.4 Å². The third-order valence-corrected chi connectivity index (χ3v) is 5.16. The van der Waals surface area contributed by atoms with E-state index in [4.69, 9.17) is 4.74 Å². The molecule has 2 rings (SSSR count). The molecule has 1 fully saturated rings. The van der Waals surface area contributed by atoms with E-state index >= 15 is 0 Å². The first-order valence-electron chi connectivity index (χ1n) is 8.41. The molecule has 0 saturated carbocycles. The highest BCUT2D eigenvalue weighted by atomic mass is 127. The average molecular weight is 480 g/mol. The first-order chi connectivity index (χ1) is 11.8. The van der Waals surface area contributed by atoms with E-state index in [9.17, 15) is 4.21 Å². The number of hydrogen-bond acceptors (Lipinski definition) is 4. The maximum Gasteiger partial charge on any atom is 0.191 e. The number of benzene rings is 1. The number of hydrogen-bond donors (Lipinski definition) is 2. The number of ether oxygens (including phenoxy) is 1. The van der Waals surface area contributed by atoms with E-state index in [0.717, 1.165) is 50.9 Å². The highest BCUT2D eigenvalue weighted by molar-refractivity contribution is 14.0. The van der Waals surface area contributed by atoms with Crippen LogP contribution in [0, 0.1) is 0 Å². The number of halogens is 1. The molecule has 1 aromatic carbocycles. The summed E-state index contributed by atoms with van der Waals surface area (Å²) < 4.78 is 17.4. The number of morpholine rings is 1. The largest absolute Gasteiger partial charge is 0.379 e. The molecule has 0 aliphatic carbocycles. The molecule has 1 heterocycles. The summed E-state index contributed by atoms with van der Waals surface area (Å²) in [6.45, 7) is 6.09. The molecule has 1 unspecified atom stereocenters. The van der Waals surface area contributed by atoms with Gasteiger partial charge >= 0.3 is 0 Å². The second-order valence-electron chi connectivity index (χ2n) is 5.65. The SMILES string of the molecule is CN=C(NCCN1CCOCC1)NCCS(=O)Cc1ccccc1.I. The second kappa shape index (κ2) is 13.5. The van der Waals surface area contributed by atoms with E-state index in [0.29, 0.717) is 18.1 Å². The van der Waals surface area contributed by atoms with Crippen molar-refractivity contribution >= 4 is 40.7 Å². The van der Waals surface area contributed by atoms with Crippen molar-refractivity contribution in [3.05, 3.63) is 35.9 Å². The zero-order valence-electron chi connectivity index (χ0n) is 14.8. The van der Waals surface area contributed by atoms with Crippen molar-refractivity contribution in [2.24, 2.45) is 4.99 Å². The standard InChI is InChI=1S/C17H28N4O2S.HI/c1-18-17(19-7-9-21-10-12-23-13-11-21)20-8-14-24(22)15-16-5-3-2-4-6-16;/h2-6H,7-15H2,1H3,(H2,18,19,20);1H. The van der Waals surface area contributed by atoms with Gasteiger partial charge in [-0.15, -0.1) is 24.0 Å². The van der Waals surface area contributed by atoms with Crippen molar-refractivity contribution in [1.29, 1.82) is 0 Å². The molecule has 25 heavy (non-hydrogen) atoms. The summed E-state index contributed by atoms with van der Waals surface area (Å²) in [6.07, 6.45) is 0. The van der Waals surface area contributed by atoms with Gasteiger partial charge in [0.25, 0.3) is 0 Å². The highest BCUT2D eigenvalue weighted by Gasteiger charge is 2.09. The minimum atomic E-state index is -0.866. The zero-order chi connectivity index (χ0) is 17.0. The quantitative estimate of drug-likeness (QED) is 0.331. The topological polar surface area (TPSA) is 66.0 Å². The number of nitrogens with zero attached hydrogens (tertiary/aromatic N) is 2. The Bertz CT molecular complexity index is 525. The molecule has 142 valence electrons. The molecule has 0 aromatic heterocycles. The Balaban J connectivity index is 0.00000312. The molecule has 1 atom stereocenters. The summed E-state index contributed by atoms with van der Waals surface area (Å²) in [5.74, 6) is 1.98. The van der Waals surface area contributed by atoms with Crippen LogP contribution in [0.5, 0.6) is 0 Å². The Morgan fingerprint density at radius 2 is 1.88 bits per heavy atom. The minimum absolute atomic E-state index is 0. The van der Waals surface area contributed by atoms with E-state index in [1.54, 1.807) is 7.05 Å². The monoisotopic (exact) mass is 480 g/mol. The van der Waals surface area contributed by atoms with Crippen LogP contribution in [0.15, 0.2) is 35.3 Å². The number of guanidine groups is 1. The minimum Gasteiger partial charge on any atom is -0.379 e. The lowest BCUT2D eigenvalue weighted by Crippen LogP contribution is -2.45. The summed E-state index contributed by atoms with van der Waals surface area (Å²) in [4.78, 5) is 6.58. The van der Waals surface area contributed by atoms with Crippen LogP contribution in [-0.4, -0.2) is 73.8 Å². The zero-order valence-corrected chi connectivity index (χ0v) is 17.9. The van der Waals surface area contributed by atoms with Crippen molar-refractivity contribution in [3.63, 3.8) is 0 Å². The number of aliphatic imine (C=N–C) groups is 1. The fraction of sp³-hybridized carbons (Fsp3) is 0.588. The lowest BCUT2D eigenvalue weighted by molar-refractivity contribution is 0.0389. The van der Waals surface area contributed by atoms with E-state index in [-0.39, 0.29) is 24.0 Å². The molecule has 1 aliphatic rings. The molecule has 2 N–H and O–H groups in total. The van der Waals surface area contributed by atoms with Gasteiger partial charge in [0.15, 0.2) is 5.96 Å². The predicted octanol–water partition coefficient (Wildman–Crippen LogP) is 1.05. The van der Waals surface area contributed by atoms with Crippen LogP contribution < -0.4 is 10.6 Å². The van der Waals surface area contributed by atoms with Gasteiger partial charge in [-0.3, -0.25) is 14.1 Å². The van der Waals surface area contributed by atoms with Crippen LogP contribution in [0.4, 0.5) is 0 Å². The molecule has 0 radical (unpaired) electrons. The van der Waals surface area contributed by atoms with E-state index in [1.165, 1.54) is 0 Å². The van der Waals surface area contributed by atoms with Crippen LogP contribution in [0.25, 0.3) is 0 Å². The molecular weight excluding hydrogens is 451 g/mol. The van der Waals surface area contributed by atoms with Crippen molar-refractivity contribution in [1.82, 2.24) is 15.5 Å². The summed E-state index contributed by atoms with van der Waals surface area (Å²) in [5, 5.41) is 6.52. The first kappa shape index (κ1) is 22.3. The molecule has 8 heteroatoms. The van der Waals surface area contributed by atoms with Gasteiger partial charge in [0.05, 0.1) is 13.2 Å². The van der Waals surface area contributed by atoms with Crippen LogP contribution >= 0.6 is 24.0 Å². The van der Waals surface area contributed by atoms with Crippen LogP contribution in [0.3, 0.4) is 0 Å².